The number of nitrogens with one attached hydrogen (secondary N) is 12. The van der Waals surface area contributed by atoms with Gasteiger partial charge in [0.25, 0.3) is 0 Å². The van der Waals surface area contributed by atoms with E-state index < -0.39 is 24.1 Å². The monoisotopic (exact) mass is 1170 g/mol. The van der Waals surface area contributed by atoms with Gasteiger partial charge in [-0.15, -0.1) is 25.7 Å². The standard InChI is InChI=1S/C70H46N16O4/c1-5-39-14-9-20-47(24-39)71-67(87)75-51-29-45(30-52(33-51)76-68(88)72-48-21-10-15-40(6-2)25-48)65-83-59-35-55-56(36-60(59)84-65)80-63(79-55)43-18-13-19-44(28-43)64-81-57-37-61-62(38-58(57)82-64)86-66(85-61)46-31-53(77-69(89)73-49-22-11-16-41(7-3)26-49)34-54(32-46)78-70(90)74-50-23-12-17-42(8-4)27-50/h1-4,9-38H,(H,79,80)(H,81,82)(H,83,84)(H,85,86)(H2,71,75,87)(H2,72,76,88)(H2,73,77,89)(H2,74,78,90). The molecule has 0 bridgehead atoms. The number of imidazole rings is 4. The lowest BCUT2D eigenvalue weighted by molar-refractivity contribution is 0.261. The molecule has 4 heterocycles. The van der Waals surface area contributed by atoms with Gasteiger partial charge >= 0.3 is 24.1 Å². The van der Waals surface area contributed by atoms with E-state index in [0.29, 0.717) is 135 Å². The quantitative estimate of drug-likeness (QED) is 0.0521. The highest BCUT2D eigenvalue weighted by Crippen LogP contribution is 2.34. The van der Waals surface area contributed by atoms with Crippen molar-refractivity contribution in [3.05, 3.63) is 204 Å². The molecule has 4 aromatic heterocycles. The van der Waals surface area contributed by atoms with Crippen molar-refractivity contribution >= 4 is 114 Å². The Morgan fingerprint density at radius 1 is 0.278 bits per heavy atom. The number of aromatic nitrogens is 8. The van der Waals surface area contributed by atoms with Crippen LogP contribution in [-0.2, 0) is 0 Å². The number of amides is 8. The minimum atomic E-state index is -0.540. The van der Waals surface area contributed by atoms with Gasteiger partial charge in [0.15, 0.2) is 0 Å². The van der Waals surface area contributed by atoms with E-state index in [-0.39, 0.29) is 0 Å². The van der Waals surface area contributed by atoms with E-state index in [1.54, 1.807) is 133 Å². The number of anilines is 8. The highest BCUT2D eigenvalue weighted by Gasteiger charge is 2.19. The minimum Gasteiger partial charge on any atom is -0.338 e. The van der Waals surface area contributed by atoms with Gasteiger partial charge in [0.05, 0.1) is 44.1 Å². The van der Waals surface area contributed by atoms with Crippen molar-refractivity contribution in [3.63, 3.8) is 0 Å². The summed E-state index contributed by atoms with van der Waals surface area (Å²) < 4.78 is 0. The van der Waals surface area contributed by atoms with Crippen LogP contribution in [0.3, 0.4) is 0 Å². The van der Waals surface area contributed by atoms with Gasteiger partial charge in [0, 0.05) is 90.0 Å². The molecule has 0 fully saturated rings. The maximum absolute atomic E-state index is 13.3. The summed E-state index contributed by atoms with van der Waals surface area (Å²) in [5.41, 5.74) is 14.0. The molecule has 0 saturated carbocycles. The van der Waals surface area contributed by atoms with Gasteiger partial charge in [-0.05, 0) is 140 Å². The van der Waals surface area contributed by atoms with E-state index >= 15 is 0 Å². The van der Waals surface area contributed by atoms with Crippen LogP contribution in [0.5, 0.6) is 0 Å². The number of carbonyl (C=O) groups excluding carboxylic acids is 4. The molecule has 0 atom stereocenters. The van der Waals surface area contributed by atoms with Crippen molar-refractivity contribution in [2.24, 2.45) is 0 Å². The first-order valence-corrected chi connectivity index (χ1v) is 27.6. The van der Waals surface area contributed by atoms with Gasteiger partial charge in [0.2, 0.25) is 0 Å². The summed E-state index contributed by atoms with van der Waals surface area (Å²) in [6, 6.07) is 51.0. The minimum absolute atomic E-state index is 0.358. The second kappa shape index (κ2) is 23.7. The summed E-state index contributed by atoms with van der Waals surface area (Å²) in [6.45, 7) is 0. The van der Waals surface area contributed by atoms with Crippen LogP contribution in [0.4, 0.5) is 64.7 Å². The molecule has 9 aromatic carbocycles. The molecule has 8 amide bonds. The zero-order chi connectivity index (χ0) is 61.8. The lowest BCUT2D eigenvalue weighted by Crippen LogP contribution is -2.21. The van der Waals surface area contributed by atoms with Crippen molar-refractivity contribution in [1.29, 1.82) is 0 Å². The maximum atomic E-state index is 13.3. The molecule has 0 unspecified atom stereocenters. The Bertz CT molecular complexity index is 4670. The highest BCUT2D eigenvalue weighted by molar-refractivity contribution is 6.05. The largest absolute Gasteiger partial charge is 0.338 e. The molecule has 430 valence electrons. The van der Waals surface area contributed by atoms with Crippen LogP contribution in [0.15, 0.2) is 182 Å². The summed E-state index contributed by atoms with van der Waals surface area (Å²) in [5, 5.41) is 22.7. The fourth-order valence-electron chi connectivity index (χ4n) is 10.1. The lowest BCUT2D eigenvalue weighted by atomic mass is 10.1. The number of terminal acetylenes is 4. The molecule has 0 aliphatic heterocycles. The number of urea groups is 4. The van der Waals surface area contributed by atoms with Crippen molar-refractivity contribution in [3.8, 4) is 94.9 Å². The maximum Gasteiger partial charge on any atom is 0.323 e. The van der Waals surface area contributed by atoms with Gasteiger partial charge in [-0.3, -0.25) is 0 Å². The molecule has 20 nitrogen and oxygen atoms in total. The smallest absolute Gasteiger partial charge is 0.323 e. The third-order valence-corrected chi connectivity index (χ3v) is 14.2. The zero-order valence-electron chi connectivity index (χ0n) is 47.1. The first-order chi connectivity index (χ1) is 43.8. The molecule has 13 rings (SSSR count). The summed E-state index contributed by atoms with van der Waals surface area (Å²) in [5.74, 6) is 12.4. The third kappa shape index (κ3) is 12.2. The van der Waals surface area contributed by atoms with Crippen LogP contribution in [0, 0.1) is 49.4 Å². The first-order valence-electron chi connectivity index (χ1n) is 27.6. The summed E-state index contributed by atoms with van der Waals surface area (Å²) >= 11 is 0. The van der Waals surface area contributed by atoms with Crippen LogP contribution >= 0.6 is 0 Å². The molecule has 0 radical (unpaired) electrons. The Kier molecular flexibility index (Phi) is 14.6. The summed E-state index contributed by atoms with van der Waals surface area (Å²) in [4.78, 5) is 86.9. The molecule has 0 spiro atoms. The fourth-order valence-corrected chi connectivity index (χ4v) is 10.1. The number of nitrogens with zero attached hydrogens (tertiary/aromatic N) is 4. The number of rotatable bonds is 12. The van der Waals surface area contributed by atoms with E-state index in [2.05, 4.69) is 86.2 Å². The topological polar surface area (TPSA) is 279 Å². The second-order valence-corrected chi connectivity index (χ2v) is 20.5. The predicted molar refractivity (Wildman–Crippen MR) is 355 cm³/mol. The van der Waals surface area contributed by atoms with Gasteiger partial charge in [-0.2, -0.15) is 0 Å². The Morgan fingerprint density at radius 3 is 0.789 bits per heavy atom. The van der Waals surface area contributed by atoms with E-state index in [4.69, 9.17) is 45.6 Å². The van der Waals surface area contributed by atoms with Gasteiger partial charge in [-0.25, -0.2) is 39.1 Å². The molecule has 0 saturated heterocycles. The average Bonchev–Trinajstić information content (AvgIpc) is 1.66. The molecule has 13 aromatic rings. The molecule has 20 heteroatoms. The van der Waals surface area contributed by atoms with Crippen LogP contribution < -0.4 is 42.5 Å². The normalized spacial score (nSPS) is 10.8. The van der Waals surface area contributed by atoms with Gasteiger partial charge in [0.1, 0.15) is 23.3 Å². The van der Waals surface area contributed by atoms with E-state index in [0.717, 1.165) is 22.2 Å². The molecule has 0 aliphatic carbocycles. The molecular formula is C70H46N16O4. The molecule has 90 heavy (non-hydrogen) atoms. The number of carbonyl (C=O) groups is 4. The number of aromatic amines is 4. The molecular weight excluding hydrogens is 1130 g/mol. The van der Waals surface area contributed by atoms with E-state index in [1.165, 1.54) is 0 Å². The highest BCUT2D eigenvalue weighted by atomic mass is 16.2. The predicted octanol–water partition coefficient (Wildman–Crippen LogP) is 14.4. The third-order valence-electron chi connectivity index (χ3n) is 14.2. The van der Waals surface area contributed by atoms with E-state index in [1.807, 2.05) is 48.5 Å². The average molecular weight is 1180 g/mol. The van der Waals surface area contributed by atoms with E-state index in [9.17, 15) is 19.2 Å². The lowest BCUT2D eigenvalue weighted by Gasteiger charge is -2.13. The number of fused-ring (bicyclic) bond motifs is 4. The second-order valence-electron chi connectivity index (χ2n) is 20.5. The Morgan fingerprint density at radius 2 is 0.522 bits per heavy atom. The Hall–Kier alpha value is -13.8. The Balaban J connectivity index is 0.744. The zero-order valence-corrected chi connectivity index (χ0v) is 47.1. The molecule has 0 aliphatic rings. The SMILES string of the molecule is C#Cc1cccc(NC(=O)Nc2cc(NC(=O)Nc3cccc(C#C)c3)cc(-c3nc4cc5[nH]c(-c6cccc(-c7nc8cc9[nH]c(-c%10cc(NC(=O)Nc%11cccc(C#C)c%11)cc(NC(=O)Nc%11cccc(C#C)c%11)c%10)nc9cc8[nH]7)c6)nc5cc4[nH]3)c2)c1. The summed E-state index contributed by atoms with van der Waals surface area (Å²) in [6.07, 6.45) is 22.3. The van der Waals surface area contributed by atoms with Crippen LogP contribution in [-0.4, -0.2) is 64.0 Å². The van der Waals surface area contributed by atoms with Crippen molar-refractivity contribution in [2.45, 2.75) is 0 Å². The van der Waals surface area contributed by atoms with Crippen molar-refractivity contribution in [1.82, 2.24) is 39.9 Å². The Labute approximate surface area is 512 Å². The first kappa shape index (κ1) is 55.4. The van der Waals surface area contributed by atoms with Gasteiger partial charge in [-0.1, -0.05) is 66.1 Å². The van der Waals surface area contributed by atoms with Crippen molar-refractivity contribution in [2.75, 3.05) is 42.5 Å². The number of hydrogen-bond donors (Lipinski definition) is 12. The van der Waals surface area contributed by atoms with Crippen LogP contribution in [0.25, 0.3) is 89.7 Å². The molecule has 12 N–H and O–H groups in total. The van der Waals surface area contributed by atoms with Crippen LogP contribution in [0.1, 0.15) is 22.3 Å². The number of H-pyrrole nitrogens is 4. The van der Waals surface area contributed by atoms with Gasteiger partial charge < -0.3 is 62.5 Å². The fraction of sp³-hybridized carbons (Fsp3) is 0. The summed E-state index contributed by atoms with van der Waals surface area (Å²) in [7, 11) is 0. The number of benzene rings is 9. The van der Waals surface area contributed by atoms with Crippen molar-refractivity contribution < 1.29 is 19.2 Å². The van der Waals surface area contributed by atoms with Crippen LogP contribution in [0.2, 0.25) is 0 Å². The number of hydrogen-bond acceptors (Lipinski definition) is 8.